The molecule has 0 fully saturated rings. The van der Waals surface area contributed by atoms with Gasteiger partial charge in [-0.3, -0.25) is 9.69 Å². The van der Waals surface area contributed by atoms with Crippen molar-refractivity contribution in [3.8, 4) is 11.5 Å². The first-order valence-corrected chi connectivity index (χ1v) is 10.4. The molecule has 0 spiro atoms. The van der Waals surface area contributed by atoms with Crippen LogP contribution in [0.4, 0.5) is 5.69 Å². The van der Waals surface area contributed by atoms with Crippen LogP contribution < -0.4 is 14.8 Å². The number of rotatable bonds is 10. The zero-order valence-electron chi connectivity index (χ0n) is 17.3. The van der Waals surface area contributed by atoms with E-state index in [1.54, 1.807) is 42.7 Å². The summed E-state index contributed by atoms with van der Waals surface area (Å²) in [4.78, 5) is 15.6. The first-order valence-electron chi connectivity index (χ1n) is 9.50. The number of hydrogen-bond donors (Lipinski definition) is 1. The van der Waals surface area contributed by atoms with E-state index in [0.717, 1.165) is 11.4 Å². The number of ether oxygens (including phenoxy) is 2. The van der Waals surface area contributed by atoms with Gasteiger partial charge in [-0.15, -0.1) is 11.3 Å². The number of methoxy groups -OCH3 is 1. The molecule has 0 saturated heterocycles. The van der Waals surface area contributed by atoms with Gasteiger partial charge in [0.2, 0.25) is 5.91 Å². The highest BCUT2D eigenvalue weighted by Gasteiger charge is 2.14. The minimum Gasteiger partial charge on any atom is -0.493 e. The molecule has 0 bridgehead atoms. The van der Waals surface area contributed by atoms with Crippen LogP contribution in [-0.4, -0.2) is 43.2 Å². The van der Waals surface area contributed by atoms with E-state index in [-0.39, 0.29) is 5.91 Å². The molecule has 0 aliphatic heterocycles. The van der Waals surface area contributed by atoms with Crippen LogP contribution in [0.3, 0.4) is 0 Å². The molecular weight excluding hydrogens is 372 g/mol. The Hall–Kier alpha value is -2.31. The summed E-state index contributed by atoms with van der Waals surface area (Å²) in [6.45, 7) is 10.1. The van der Waals surface area contributed by atoms with Crippen molar-refractivity contribution in [3.05, 3.63) is 46.7 Å². The maximum atomic E-state index is 12.2. The predicted molar refractivity (Wildman–Crippen MR) is 117 cm³/mol. The van der Waals surface area contributed by atoms with E-state index in [0.29, 0.717) is 35.9 Å². The lowest BCUT2D eigenvalue weighted by Crippen LogP contribution is -2.39. The van der Waals surface area contributed by atoms with Crippen LogP contribution in [0.15, 0.2) is 41.8 Å². The first kappa shape index (κ1) is 22.0. The minimum atomic E-state index is -0.185. The lowest BCUT2D eigenvalue weighted by molar-refractivity contribution is -0.111. The summed E-state index contributed by atoms with van der Waals surface area (Å²) >= 11 is 1.59. The summed E-state index contributed by atoms with van der Waals surface area (Å²) in [5, 5.41) is 4.84. The topological polar surface area (TPSA) is 50.8 Å². The van der Waals surface area contributed by atoms with Gasteiger partial charge in [0.15, 0.2) is 11.5 Å². The van der Waals surface area contributed by atoms with E-state index < -0.39 is 0 Å². The molecule has 1 amide bonds. The second kappa shape index (κ2) is 10.9. The van der Waals surface area contributed by atoms with Crippen molar-refractivity contribution >= 4 is 29.0 Å². The maximum absolute atomic E-state index is 12.2. The van der Waals surface area contributed by atoms with Crippen molar-refractivity contribution in [2.45, 2.75) is 39.8 Å². The highest BCUT2D eigenvalue weighted by atomic mass is 32.1. The number of carbonyl (C=O) groups excluding carboxylic acids is 1. The standard InChI is InChI=1S/C22H30N2O3S/c1-16(2)24(17(3)4)12-13-27-21-15-18(8-10-20(21)26-5)23-22(25)11-9-19-7-6-14-28-19/h6-11,14-17H,12-13H2,1-5H3,(H,23,25)/b11-9+. The number of hydrogen-bond acceptors (Lipinski definition) is 5. The monoisotopic (exact) mass is 402 g/mol. The van der Waals surface area contributed by atoms with Crippen molar-refractivity contribution in [1.29, 1.82) is 0 Å². The summed E-state index contributed by atoms with van der Waals surface area (Å²) in [7, 11) is 1.61. The largest absolute Gasteiger partial charge is 0.493 e. The Morgan fingerprint density at radius 3 is 2.54 bits per heavy atom. The minimum absolute atomic E-state index is 0.185. The summed E-state index contributed by atoms with van der Waals surface area (Å²) in [6, 6.07) is 10.2. The van der Waals surface area contributed by atoms with E-state index in [1.807, 2.05) is 17.5 Å². The Balaban J connectivity index is 1.99. The fraction of sp³-hybridized carbons (Fsp3) is 0.409. The van der Waals surface area contributed by atoms with Crippen molar-refractivity contribution in [1.82, 2.24) is 4.90 Å². The van der Waals surface area contributed by atoms with Crippen molar-refractivity contribution in [2.24, 2.45) is 0 Å². The molecule has 0 radical (unpaired) electrons. The zero-order valence-corrected chi connectivity index (χ0v) is 18.1. The van der Waals surface area contributed by atoms with Crippen LogP contribution in [0.1, 0.15) is 32.6 Å². The third kappa shape index (κ3) is 6.69. The molecule has 2 rings (SSSR count). The van der Waals surface area contributed by atoms with Gasteiger partial charge in [0.05, 0.1) is 7.11 Å². The number of nitrogens with one attached hydrogen (secondary N) is 1. The van der Waals surface area contributed by atoms with Crippen LogP contribution in [0, 0.1) is 0 Å². The number of anilines is 1. The number of thiophene rings is 1. The molecule has 6 heteroatoms. The molecule has 152 valence electrons. The van der Waals surface area contributed by atoms with Gasteiger partial charge in [0.25, 0.3) is 0 Å². The third-order valence-corrected chi connectivity index (χ3v) is 5.14. The van der Waals surface area contributed by atoms with Crippen LogP contribution in [0.5, 0.6) is 11.5 Å². The Morgan fingerprint density at radius 1 is 1.18 bits per heavy atom. The van der Waals surface area contributed by atoms with Crippen molar-refractivity contribution < 1.29 is 14.3 Å². The second-order valence-electron chi connectivity index (χ2n) is 6.98. The molecule has 1 heterocycles. The lowest BCUT2D eigenvalue weighted by atomic mass is 10.2. The van der Waals surface area contributed by atoms with Gasteiger partial charge in [-0.2, -0.15) is 0 Å². The highest BCUT2D eigenvalue weighted by Crippen LogP contribution is 2.30. The molecule has 2 aromatic rings. The predicted octanol–water partition coefficient (Wildman–Crippen LogP) is 4.91. The molecule has 1 N–H and O–H groups in total. The van der Waals surface area contributed by atoms with Crippen LogP contribution in [-0.2, 0) is 4.79 Å². The molecule has 0 unspecified atom stereocenters. The van der Waals surface area contributed by atoms with Crippen LogP contribution in [0.25, 0.3) is 6.08 Å². The van der Waals surface area contributed by atoms with Gasteiger partial charge < -0.3 is 14.8 Å². The molecule has 0 aliphatic rings. The molecule has 0 atom stereocenters. The fourth-order valence-corrected chi connectivity index (χ4v) is 3.59. The van der Waals surface area contributed by atoms with Crippen molar-refractivity contribution in [3.63, 3.8) is 0 Å². The lowest BCUT2D eigenvalue weighted by Gasteiger charge is -2.30. The summed E-state index contributed by atoms with van der Waals surface area (Å²) in [5.74, 6) is 1.08. The molecule has 28 heavy (non-hydrogen) atoms. The smallest absolute Gasteiger partial charge is 0.248 e. The van der Waals surface area contributed by atoms with E-state index >= 15 is 0 Å². The Kier molecular flexibility index (Phi) is 8.54. The molecule has 1 aromatic carbocycles. The summed E-state index contributed by atoms with van der Waals surface area (Å²) in [5.41, 5.74) is 0.668. The molecule has 0 saturated carbocycles. The number of nitrogens with zero attached hydrogens (tertiary/aromatic N) is 1. The quantitative estimate of drug-likeness (QED) is 0.574. The van der Waals surface area contributed by atoms with Gasteiger partial charge in [-0.1, -0.05) is 6.07 Å². The molecule has 1 aromatic heterocycles. The molecule has 5 nitrogen and oxygen atoms in total. The third-order valence-electron chi connectivity index (χ3n) is 4.31. The Labute approximate surface area is 172 Å². The van der Waals surface area contributed by atoms with Gasteiger partial charge in [-0.05, 0) is 57.4 Å². The van der Waals surface area contributed by atoms with Gasteiger partial charge in [-0.25, -0.2) is 0 Å². The Bertz CT molecular complexity index is 762. The van der Waals surface area contributed by atoms with E-state index in [4.69, 9.17) is 9.47 Å². The van der Waals surface area contributed by atoms with Gasteiger partial charge in [0.1, 0.15) is 6.61 Å². The van der Waals surface area contributed by atoms with Crippen LogP contribution in [0.2, 0.25) is 0 Å². The normalized spacial score (nSPS) is 11.6. The number of amides is 1. The second-order valence-corrected chi connectivity index (χ2v) is 7.96. The van der Waals surface area contributed by atoms with Gasteiger partial charge in [0, 0.05) is 41.3 Å². The van der Waals surface area contributed by atoms with E-state index in [1.165, 1.54) is 6.08 Å². The SMILES string of the molecule is COc1ccc(NC(=O)/C=C/c2cccs2)cc1OCCN(C(C)C)C(C)C. The summed E-state index contributed by atoms with van der Waals surface area (Å²) in [6.07, 6.45) is 3.33. The number of benzene rings is 1. The maximum Gasteiger partial charge on any atom is 0.248 e. The number of carbonyl (C=O) groups is 1. The fourth-order valence-electron chi connectivity index (χ4n) is 2.97. The molecular formula is C22H30N2O3S. The highest BCUT2D eigenvalue weighted by molar-refractivity contribution is 7.10. The summed E-state index contributed by atoms with van der Waals surface area (Å²) < 4.78 is 11.4. The zero-order chi connectivity index (χ0) is 20.5. The van der Waals surface area contributed by atoms with Crippen LogP contribution >= 0.6 is 11.3 Å². The first-order chi connectivity index (χ1) is 13.4. The van der Waals surface area contributed by atoms with Crippen molar-refractivity contribution in [2.75, 3.05) is 25.6 Å². The average Bonchev–Trinajstić information content (AvgIpc) is 3.16. The molecule has 0 aliphatic carbocycles. The van der Waals surface area contributed by atoms with E-state index in [2.05, 4.69) is 37.9 Å². The van der Waals surface area contributed by atoms with Gasteiger partial charge >= 0.3 is 0 Å². The Morgan fingerprint density at radius 2 is 1.93 bits per heavy atom. The average molecular weight is 403 g/mol. The van der Waals surface area contributed by atoms with E-state index in [9.17, 15) is 4.79 Å².